The lowest BCUT2D eigenvalue weighted by Gasteiger charge is -1.97. The van der Waals surface area contributed by atoms with Crippen LogP contribution < -0.4 is 0 Å². The first kappa shape index (κ1) is 9.79. The lowest BCUT2D eigenvalue weighted by atomic mass is 10.5. The average Bonchev–Trinajstić information content (AvgIpc) is 2.31. The highest BCUT2D eigenvalue weighted by atomic mass is 32.2. The zero-order chi connectivity index (χ0) is 10.5. The minimum absolute atomic E-state index is 0.151. The number of rotatable bonds is 2. The number of carbonyl (C=O) groups excluding carboxylic acids is 1. The van der Waals surface area contributed by atoms with Gasteiger partial charge in [0.2, 0.25) is 5.12 Å². The Balaban J connectivity index is 2.12. The number of aromatic nitrogens is 3. The Bertz CT molecular complexity index is 447. The molecule has 4 nitrogen and oxygen atoms in total. The van der Waals surface area contributed by atoms with Crippen LogP contribution in [-0.4, -0.2) is 20.1 Å². The molecule has 0 bridgehead atoms. The molecule has 2 rings (SSSR count). The first-order chi connectivity index (χ1) is 7.36. The van der Waals surface area contributed by atoms with E-state index in [1.165, 1.54) is 18.6 Å². The molecular formula is C10H7N3OS. The van der Waals surface area contributed by atoms with Gasteiger partial charge in [0.1, 0.15) is 10.7 Å². The van der Waals surface area contributed by atoms with Gasteiger partial charge in [-0.05, 0) is 23.9 Å². The van der Waals surface area contributed by atoms with Crippen molar-refractivity contribution in [2.45, 2.75) is 5.03 Å². The van der Waals surface area contributed by atoms with Gasteiger partial charge in [0, 0.05) is 18.6 Å². The van der Waals surface area contributed by atoms with Gasteiger partial charge in [-0.15, -0.1) is 0 Å². The number of hydrogen-bond donors (Lipinski definition) is 0. The standard InChI is InChI=1S/C10H7N3OS/c14-10(8-7-11-5-6-12-8)15-9-3-1-2-4-13-9/h1-7H. The minimum Gasteiger partial charge on any atom is -0.279 e. The van der Waals surface area contributed by atoms with E-state index in [2.05, 4.69) is 15.0 Å². The van der Waals surface area contributed by atoms with Crippen LogP contribution in [0.3, 0.4) is 0 Å². The van der Waals surface area contributed by atoms with Crippen LogP contribution in [0.15, 0.2) is 48.0 Å². The Morgan fingerprint density at radius 1 is 1.13 bits per heavy atom. The topological polar surface area (TPSA) is 55.7 Å². The molecule has 2 aromatic rings. The van der Waals surface area contributed by atoms with Crippen LogP contribution >= 0.6 is 11.8 Å². The molecule has 0 atom stereocenters. The smallest absolute Gasteiger partial charge is 0.245 e. The van der Waals surface area contributed by atoms with Gasteiger partial charge < -0.3 is 0 Å². The molecule has 74 valence electrons. The Morgan fingerprint density at radius 3 is 2.73 bits per heavy atom. The summed E-state index contributed by atoms with van der Waals surface area (Å²) in [7, 11) is 0. The molecule has 5 heteroatoms. The zero-order valence-corrected chi connectivity index (χ0v) is 8.52. The lowest BCUT2D eigenvalue weighted by Crippen LogP contribution is -1.97. The summed E-state index contributed by atoms with van der Waals surface area (Å²) < 4.78 is 0. The highest BCUT2D eigenvalue weighted by Gasteiger charge is 2.09. The first-order valence-electron chi connectivity index (χ1n) is 4.25. The molecule has 2 heterocycles. The molecule has 0 radical (unpaired) electrons. The van der Waals surface area contributed by atoms with Crippen LogP contribution in [0.1, 0.15) is 10.5 Å². The quantitative estimate of drug-likeness (QED) is 0.718. The summed E-state index contributed by atoms with van der Waals surface area (Å²) >= 11 is 1.04. The summed E-state index contributed by atoms with van der Waals surface area (Å²) in [6.45, 7) is 0. The summed E-state index contributed by atoms with van der Waals surface area (Å²) in [4.78, 5) is 23.4. The van der Waals surface area contributed by atoms with Crippen LogP contribution in [-0.2, 0) is 0 Å². The fourth-order valence-electron chi connectivity index (χ4n) is 0.959. The fourth-order valence-corrected chi connectivity index (χ4v) is 1.62. The van der Waals surface area contributed by atoms with Crippen molar-refractivity contribution in [1.82, 2.24) is 15.0 Å². The second-order valence-corrected chi connectivity index (χ2v) is 3.64. The summed E-state index contributed by atoms with van der Waals surface area (Å²) in [6, 6.07) is 5.41. The Labute approximate surface area is 90.8 Å². The first-order valence-corrected chi connectivity index (χ1v) is 5.07. The summed E-state index contributed by atoms with van der Waals surface area (Å²) in [5.74, 6) is 0. The van der Waals surface area contributed by atoms with E-state index in [0.29, 0.717) is 10.7 Å². The molecule has 2 aromatic heterocycles. The molecule has 0 unspecified atom stereocenters. The second kappa shape index (κ2) is 4.65. The molecule has 0 saturated carbocycles. The predicted octanol–water partition coefficient (Wildman–Crippen LogP) is 1.80. The second-order valence-electron chi connectivity index (χ2n) is 2.65. The van der Waals surface area contributed by atoms with Crippen LogP contribution in [0.5, 0.6) is 0 Å². The van der Waals surface area contributed by atoms with E-state index in [9.17, 15) is 4.79 Å². The minimum atomic E-state index is -0.151. The van der Waals surface area contributed by atoms with Gasteiger partial charge in [0.05, 0.1) is 6.20 Å². The van der Waals surface area contributed by atoms with Gasteiger partial charge >= 0.3 is 0 Å². The third kappa shape index (κ3) is 2.60. The molecule has 15 heavy (non-hydrogen) atoms. The van der Waals surface area contributed by atoms with Gasteiger partial charge in [-0.3, -0.25) is 9.78 Å². The molecule has 0 aliphatic rings. The maximum Gasteiger partial charge on any atom is 0.245 e. The molecule has 0 amide bonds. The van der Waals surface area contributed by atoms with Crippen molar-refractivity contribution < 1.29 is 4.79 Å². The normalized spacial score (nSPS) is 9.87. The van der Waals surface area contributed by atoms with Crippen LogP contribution in [0, 0.1) is 0 Å². The number of hydrogen-bond acceptors (Lipinski definition) is 5. The van der Waals surface area contributed by atoms with E-state index in [-0.39, 0.29) is 5.12 Å². The maximum absolute atomic E-state index is 11.6. The highest BCUT2D eigenvalue weighted by Crippen LogP contribution is 2.18. The number of thioether (sulfide) groups is 1. The summed E-state index contributed by atoms with van der Waals surface area (Å²) in [5, 5.41) is 0.509. The van der Waals surface area contributed by atoms with Crippen molar-refractivity contribution in [1.29, 1.82) is 0 Å². The summed E-state index contributed by atoms with van der Waals surface area (Å²) in [5.41, 5.74) is 0.341. The molecule has 0 aliphatic carbocycles. The monoisotopic (exact) mass is 217 g/mol. The van der Waals surface area contributed by atoms with E-state index < -0.39 is 0 Å². The molecule has 0 spiro atoms. The van der Waals surface area contributed by atoms with E-state index >= 15 is 0 Å². The van der Waals surface area contributed by atoms with E-state index in [4.69, 9.17) is 0 Å². The molecule has 0 saturated heterocycles. The Kier molecular flexibility index (Phi) is 3.04. The summed E-state index contributed by atoms with van der Waals surface area (Å²) in [6.07, 6.45) is 6.11. The highest BCUT2D eigenvalue weighted by molar-refractivity contribution is 8.14. The van der Waals surface area contributed by atoms with Gasteiger partial charge in [-0.25, -0.2) is 9.97 Å². The van der Waals surface area contributed by atoms with Crippen molar-refractivity contribution in [3.8, 4) is 0 Å². The largest absolute Gasteiger partial charge is 0.279 e. The van der Waals surface area contributed by atoms with Gasteiger partial charge in [0.15, 0.2) is 0 Å². The molecule has 0 N–H and O–H groups in total. The van der Waals surface area contributed by atoms with Gasteiger partial charge in [-0.2, -0.15) is 0 Å². The Morgan fingerprint density at radius 2 is 2.07 bits per heavy atom. The SMILES string of the molecule is O=C(Sc1ccccn1)c1cnccn1. The zero-order valence-electron chi connectivity index (χ0n) is 7.70. The van der Waals surface area contributed by atoms with E-state index in [0.717, 1.165) is 11.8 Å². The van der Waals surface area contributed by atoms with Crippen molar-refractivity contribution in [2.24, 2.45) is 0 Å². The van der Waals surface area contributed by atoms with E-state index in [1.807, 2.05) is 6.07 Å². The van der Waals surface area contributed by atoms with Gasteiger partial charge in [-0.1, -0.05) is 6.07 Å². The van der Waals surface area contributed by atoms with E-state index in [1.54, 1.807) is 18.3 Å². The molecule has 0 aliphatic heterocycles. The Hall–Kier alpha value is -1.75. The van der Waals surface area contributed by atoms with Gasteiger partial charge in [0.25, 0.3) is 0 Å². The third-order valence-corrected chi connectivity index (χ3v) is 2.45. The van der Waals surface area contributed by atoms with Crippen LogP contribution in [0.25, 0.3) is 0 Å². The number of carbonyl (C=O) groups is 1. The maximum atomic E-state index is 11.6. The fraction of sp³-hybridized carbons (Fsp3) is 0. The lowest BCUT2D eigenvalue weighted by molar-refractivity contribution is 0.108. The molecule has 0 fully saturated rings. The van der Waals surface area contributed by atoms with Crippen molar-refractivity contribution in [2.75, 3.05) is 0 Å². The number of pyridine rings is 1. The van der Waals surface area contributed by atoms with Crippen molar-refractivity contribution >= 4 is 16.9 Å². The van der Waals surface area contributed by atoms with Crippen molar-refractivity contribution in [3.63, 3.8) is 0 Å². The van der Waals surface area contributed by atoms with Crippen molar-refractivity contribution in [3.05, 3.63) is 48.7 Å². The van der Waals surface area contributed by atoms with Crippen LogP contribution in [0.2, 0.25) is 0 Å². The predicted molar refractivity (Wildman–Crippen MR) is 56.5 cm³/mol. The average molecular weight is 217 g/mol. The molecular weight excluding hydrogens is 210 g/mol. The third-order valence-electron chi connectivity index (χ3n) is 1.61. The van der Waals surface area contributed by atoms with Crippen LogP contribution in [0.4, 0.5) is 0 Å². The molecule has 0 aromatic carbocycles. The number of nitrogens with zero attached hydrogens (tertiary/aromatic N) is 3.